The van der Waals surface area contributed by atoms with Crippen LogP contribution in [0.3, 0.4) is 0 Å². The van der Waals surface area contributed by atoms with E-state index in [0.29, 0.717) is 24.3 Å². The molecule has 1 aliphatic rings. The Bertz CT molecular complexity index is 958. The normalized spacial score (nSPS) is 16.5. The van der Waals surface area contributed by atoms with Gasteiger partial charge in [0, 0.05) is 16.8 Å². The second kappa shape index (κ2) is 10.3. The molecular weight excluding hydrogens is 418 g/mol. The molecule has 0 aromatic heterocycles. The molecule has 0 aliphatic carbocycles. The Kier molecular flexibility index (Phi) is 8.05. The van der Waals surface area contributed by atoms with E-state index in [9.17, 15) is 9.59 Å². The van der Waals surface area contributed by atoms with Crippen LogP contribution >= 0.6 is 12.4 Å². The zero-order valence-corrected chi connectivity index (χ0v) is 18.7. The van der Waals surface area contributed by atoms with Crippen molar-refractivity contribution in [2.75, 3.05) is 11.9 Å². The van der Waals surface area contributed by atoms with Gasteiger partial charge in [-0.25, -0.2) is 0 Å². The number of nitrogens with zero attached hydrogens (tertiary/aromatic N) is 1. The molecule has 1 heterocycles. The highest BCUT2D eigenvalue weighted by Crippen LogP contribution is 2.42. The standard InChI is InChI=1S/C23H27N3O4.ClH/c1-4-29-21(27)12-18-13-23(2,3)19-11-17(9-10-20(19)30-18)26-22(28)16-7-5-15(6-8-16)14-25-24;/h5-11,14,18H,4,12-13,24H2,1-3H3,(H,26,28);1H. The molecule has 166 valence electrons. The van der Waals surface area contributed by atoms with Crippen molar-refractivity contribution in [3.8, 4) is 5.75 Å². The van der Waals surface area contributed by atoms with E-state index in [1.165, 1.54) is 6.21 Å². The van der Waals surface area contributed by atoms with Crippen molar-refractivity contribution in [1.82, 2.24) is 0 Å². The van der Waals surface area contributed by atoms with Crippen LogP contribution in [-0.4, -0.2) is 30.8 Å². The molecule has 1 amide bonds. The molecule has 1 aliphatic heterocycles. The summed E-state index contributed by atoms with van der Waals surface area (Å²) in [5, 5.41) is 6.40. The molecule has 0 saturated carbocycles. The number of anilines is 1. The number of nitrogens with one attached hydrogen (secondary N) is 1. The summed E-state index contributed by atoms with van der Waals surface area (Å²) < 4.78 is 11.1. The summed E-state index contributed by atoms with van der Waals surface area (Å²) >= 11 is 0. The number of hydrogen-bond acceptors (Lipinski definition) is 6. The van der Waals surface area contributed by atoms with Crippen LogP contribution in [0.5, 0.6) is 5.75 Å². The van der Waals surface area contributed by atoms with Crippen LogP contribution in [0.1, 0.15) is 55.1 Å². The molecule has 0 saturated heterocycles. The highest BCUT2D eigenvalue weighted by Gasteiger charge is 2.35. The van der Waals surface area contributed by atoms with Crippen molar-refractivity contribution in [3.05, 3.63) is 59.2 Å². The third-order valence-electron chi connectivity index (χ3n) is 5.09. The quantitative estimate of drug-likeness (QED) is 0.302. The van der Waals surface area contributed by atoms with Crippen molar-refractivity contribution in [2.45, 2.75) is 45.1 Å². The smallest absolute Gasteiger partial charge is 0.309 e. The average molecular weight is 446 g/mol. The van der Waals surface area contributed by atoms with Crippen molar-refractivity contribution in [3.63, 3.8) is 0 Å². The summed E-state index contributed by atoms with van der Waals surface area (Å²) in [6, 6.07) is 12.6. The van der Waals surface area contributed by atoms with Gasteiger partial charge in [0.2, 0.25) is 0 Å². The van der Waals surface area contributed by atoms with Crippen LogP contribution in [0, 0.1) is 0 Å². The number of hydrogen-bond donors (Lipinski definition) is 2. The molecule has 0 bridgehead atoms. The minimum atomic E-state index is -0.255. The molecule has 8 heteroatoms. The SMILES string of the molecule is CCOC(=O)CC1CC(C)(C)c2cc(NC(=O)c3ccc(C=NN)cc3)ccc2O1.Cl. The first-order valence-electron chi connectivity index (χ1n) is 9.94. The lowest BCUT2D eigenvalue weighted by Crippen LogP contribution is -2.36. The largest absolute Gasteiger partial charge is 0.489 e. The summed E-state index contributed by atoms with van der Waals surface area (Å²) in [5.41, 5.74) is 2.82. The number of fused-ring (bicyclic) bond motifs is 1. The van der Waals surface area contributed by atoms with Gasteiger partial charge in [-0.2, -0.15) is 5.10 Å². The number of carbonyl (C=O) groups excluding carboxylic acids is 2. The lowest BCUT2D eigenvalue weighted by molar-refractivity contribution is -0.145. The van der Waals surface area contributed by atoms with Gasteiger partial charge in [0.1, 0.15) is 11.9 Å². The van der Waals surface area contributed by atoms with Crippen LogP contribution in [0.4, 0.5) is 5.69 Å². The maximum Gasteiger partial charge on any atom is 0.309 e. The number of nitrogens with two attached hydrogens (primary N) is 1. The van der Waals surface area contributed by atoms with E-state index in [0.717, 1.165) is 16.9 Å². The average Bonchev–Trinajstić information content (AvgIpc) is 2.69. The van der Waals surface area contributed by atoms with E-state index >= 15 is 0 Å². The van der Waals surface area contributed by atoms with Crippen molar-refractivity contribution >= 4 is 36.2 Å². The van der Waals surface area contributed by atoms with Crippen LogP contribution < -0.4 is 15.9 Å². The number of amides is 1. The minimum absolute atomic E-state index is 0. The Morgan fingerprint density at radius 3 is 2.61 bits per heavy atom. The lowest BCUT2D eigenvalue weighted by Gasteiger charge is -2.37. The van der Waals surface area contributed by atoms with Crippen LogP contribution in [0.2, 0.25) is 0 Å². The lowest BCUT2D eigenvalue weighted by atomic mass is 9.76. The number of hydrazone groups is 1. The number of carbonyl (C=O) groups is 2. The van der Waals surface area contributed by atoms with Gasteiger partial charge in [-0.3, -0.25) is 9.59 Å². The molecule has 0 radical (unpaired) electrons. The fraction of sp³-hybridized carbons (Fsp3) is 0.348. The summed E-state index contributed by atoms with van der Waals surface area (Å²) in [6.07, 6.45) is 2.19. The van der Waals surface area contributed by atoms with Crippen molar-refractivity contribution < 1.29 is 19.1 Å². The zero-order chi connectivity index (χ0) is 21.7. The van der Waals surface area contributed by atoms with Gasteiger partial charge in [0.25, 0.3) is 5.91 Å². The van der Waals surface area contributed by atoms with Gasteiger partial charge in [-0.05, 0) is 54.7 Å². The Hall–Kier alpha value is -3.06. The molecule has 7 nitrogen and oxygen atoms in total. The van der Waals surface area contributed by atoms with Crippen molar-refractivity contribution in [1.29, 1.82) is 0 Å². The fourth-order valence-corrected chi connectivity index (χ4v) is 3.67. The van der Waals surface area contributed by atoms with E-state index in [1.807, 2.05) is 12.1 Å². The highest BCUT2D eigenvalue weighted by molar-refractivity contribution is 6.04. The number of ether oxygens (including phenoxy) is 2. The highest BCUT2D eigenvalue weighted by atomic mass is 35.5. The molecule has 3 rings (SSSR count). The molecule has 3 N–H and O–H groups in total. The summed E-state index contributed by atoms with van der Waals surface area (Å²) in [7, 11) is 0. The Morgan fingerprint density at radius 2 is 1.97 bits per heavy atom. The maximum absolute atomic E-state index is 12.6. The van der Waals surface area contributed by atoms with E-state index < -0.39 is 0 Å². The molecule has 2 aromatic rings. The maximum atomic E-state index is 12.6. The first-order chi connectivity index (χ1) is 14.3. The van der Waals surface area contributed by atoms with Gasteiger partial charge in [-0.1, -0.05) is 26.0 Å². The summed E-state index contributed by atoms with van der Waals surface area (Å²) in [6.45, 7) is 6.36. The second-order valence-electron chi connectivity index (χ2n) is 7.90. The molecule has 31 heavy (non-hydrogen) atoms. The molecule has 0 fully saturated rings. The van der Waals surface area contributed by atoms with E-state index in [-0.39, 0.29) is 42.2 Å². The predicted molar refractivity (Wildman–Crippen MR) is 123 cm³/mol. The van der Waals surface area contributed by atoms with Gasteiger partial charge >= 0.3 is 5.97 Å². The first-order valence-corrected chi connectivity index (χ1v) is 9.94. The van der Waals surface area contributed by atoms with Gasteiger partial charge in [-0.15, -0.1) is 12.4 Å². The van der Waals surface area contributed by atoms with Crippen LogP contribution in [0.25, 0.3) is 0 Å². The van der Waals surface area contributed by atoms with E-state index in [2.05, 4.69) is 24.3 Å². The fourth-order valence-electron chi connectivity index (χ4n) is 3.67. The molecule has 1 atom stereocenters. The summed E-state index contributed by atoms with van der Waals surface area (Å²) in [5.74, 6) is 5.40. The van der Waals surface area contributed by atoms with Crippen LogP contribution in [-0.2, 0) is 14.9 Å². The number of halogens is 1. The number of benzene rings is 2. The van der Waals surface area contributed by atoms with E-state index in [4.69, 9.17) is 15.3 Å². The molecule has 1 unspecified atom stereocenters. The monoisotopic (exact) mass is 445 g/mol. The van der Waals surface area contributed by atoms with Gasteiger partial charge in [0.15, 0.2) is 0 Å². The molecule has 0 spiro atoms. The summed E-state index contributed by atoms with van der Waals surface area (Å²) in [4.78, 5) is 24.4. The van der Waals surface area contributed by atoms with E-state index in [1.54, 1.807) is 37.3 Å². The zero-order valence-electron chi connectivity index (χ0n) is 17.9. The molecular formula is C23H28ClN3O4. The number of esters is 1. The van der Waals surface area contributed by atoms with Gasteiger partial charge < -0.3 is 20.6 Å². The van der Waals surface area contributed by atoms with Gasteiger partial charge in [0.05, 0.1) is 19.2 Å². The topological polar surface area (TPSA) is 103 Å². The molecule has 2 aromatic carbocycles. The Labute approximate surface area is 188 Å². The predicted octanol–water partition coefficient (Wildman–Crippen LogP) is 4.04. The third-order valence-corrected chi connectivity index (χ3v) is 5.09. The number of rotatable bonds is 6. The van der Waals surface area contributed by atoms with Crippen molar-refractivity contribution in [2.24, 2.45) is 10.9 Å². The Balaban J connectivity index is 0.00000341. The second-order valence-corrected chi connectivity index (χ2v) is 7.90. The third kappa shape index (κ3) is 5.98. The minimum Gasteiger partial charge on any atom is -0.489 e. The Morgan fingerprint density at radius 1 is 1.26 bits per heavy atom. The first kappa shape index (κ1) is 24.2. The van der Waals surface area contributed by atoms with Crippen LogP contribution in [0.15, 0.2) is 47.6 Å².